The first-order chi connectivity index (χ1) is 9.70. The van der Waals surface area contributed by atoms with Gasteiger partial charge in [0.15, 0.2) is 0 Å². The topological polar surface area (TPSA) is 58.6 Å². The van der Waals surface area contributed by atoms with Gasteiger partial charge < -0.3 is 15.2 Å². The van der Waals surface area contributed by atoms with Crippen molar-refractivity contribution >= 4 is 11.6 Å². The number of nitrogens with one attached hydrogen (secondary N) is 1. The lowest BCUT2D eigenvalue weighted by Gasteiger charge is -2.11. The first-order valence-electron chi connectivity index (χ1n) is 6.38. The molecule has 0 bridgehead atoms. The molecule has 0 fully saturated rings. The summed E-state index contributed by atoms with van der Waals surface area (Å²) in [6.45, 7) is 0.596. The third kappa shape index (κ3) is 3.59. The van der Waals surface area contributed by atoms with E-state index in [1.807, 2.05) is 24.3 Å². The summed E-state index contributed by atoms with van der Waals surface area (Å²) in [5.41, 5.74) is 2.20. The van der Waals surface area contributed by atoms with E-state index in [1.165, 1.54) is 12.1 Å². The molecule has 0 aliphatic carbocycles. The number of rotatable bonds is 5. The molecule has 0 aromatic heterocycles. The van der Waals surface area contributed by atoms with Crippen molar-refractivity contribution in [3.05, 3.63) is 59.7 Å². The zero-order valence-corrected chi connectivity index (χ0v) is 11.3. The molecule has 1 amide bonds. The molecule has 0 atom stereocenters. The average molecular weight is 271 g/mol. The molecule has 0 saturated carbocycles. The van der Waals surface area contributed by atoms with Crippen molar-refractivity contribution in [3.8, 4) is 5.75 Å². The van der Waals surface area contributed by atoms with Gasteiger partial charge in [0, 0.05) is 18.4 Å². The SMILES string of the molecule is COCCc1ccccc1NC(=O)c1cccc(O)c1. The van der Waals surface area contributed by atoms with Crippen LogP contribution in [0.1, 0.15) is 15.9 Å². The fraction of sp³-hybridized carbons (Fsp3) is 0.188. The highest BCUT2D eigenvalue weighted by Crippen LogP contribution is 2.18. The number of para-hydroxylation sites is 1. The molecule has 4 nitrogen and oxygen atoms in total. The Balaban J connectivity index is 2.15. The minimum Gasteiger partial charge on any atom is -0.508 e. The maximum atomic E-state index is 12.1. The lowest BCUT2D eigenvalue weighted by molar-refractivity contribution is 0.102. The van der Waals surface area contributed by atoms with Crippen LogP contribution < -0.4 is 5.32 Å². The van der Waals surface area contributed by atoms with Gasteiger partial charge in [-0.2, -0.15) is 0 Å². The van der Waals surface area contributed by atoms with E-state index >= 15 is 0 Å². The summed E-state index contributed by atoms with van der Waals surface area (Å²) in [5, 5.41) is 12.3. The van der Waals surface area contributed by atoms with Crippen LogP contribution in [-0.2, 0) is 11.2 Å². The van der Waals surface area contributed by atoms with E-state index in [9.17, 15) is 9.90 Å². The number of aromatic hydroxyl groups is 1. The van der Waals surface area contributed by atoms with Gasteiger partial charge in [0.05, 0.1) is 6.61 Å². The zero-order valence-electron chi connectivity index (χ0n) is 11.3. The molecular formula is C16H17NO3. The average Bonchev–Trinajstić information content (AvgIpc) is 2.46. The Labute approximate surface area is 118 Å². The highest BCUT2D eigenvalue weighted by atomic mass is 16.5. The number of carbonyl (C=O) groups is 1. The standard InChI is InChI=1S/C16H17NO3/c1-20-10-9-12-5-2-3-8-15(12)17-16(19)13-6-4-7-14(18)11-13/h2-8,11,18H,9-10H2,1H3,(H,17,19). The van der Waals surface area contributed by atoms with Gasteiger partial charge in [-0.1, -0.05) is 24.3 Å². The monoisotopic (exact) mass is 271 g/mol. The summed E-state index contributed by atoms with van der Waals surface area (Å²) in [6.07, 6.45) is 0.729. The van der Waals surface area contributed by atoms with Gasteiger partial charge >= 0.3 is 0 Å². The van der Waals surface area contributed by atoms with Gasteiger partial charge in [0.1, 0.15) is 5.75 Å². The summed E-state index contributed by atoms with van der Waals surface area (Å²) < 4.78 is 5.06. The first-order valence-corrected chi connectivity index (χ1v) is 6.38. The Morgan fingerprint density at radius 2 is 2.00 bits per heavy atom. The largest absolute Gasteiger partial charge is 0.508 e. The Kier molecular flexibility index (Phi) is 4.74. The second-order valence-electron chi connectivity index (χ2n) is 4.40. The number of amides is 1. The van der Waals surface area contributed by atoms with Gasteiger partial charge in [0.2, 0.25) is 0 Å². The quantitative estimate of drug-likeness (QED) is 0.879. The fourth-order valence-corrected chi connectivity index (χ4v) is 1.91. The van der Waals surface area contributed by atoms with Crippen LogP contribution in [0.4, 0.5) is 5.69 Å². The molecule has 4 heteroatoms. The minimum atomic E-state index is -0.245. The van der Waals surface area contributed by atoms with Crippen LogP contribution in [0.5, 0.6) is 5.75 Å². The van der Waals surface area contributed by atoms with Crippen LogP contribution >= 0.6 is 0 Å². The van der Waals surface area contributed by atoms with Crippen LogP contribution in [0.25, 0.3) is 0 Å². The summed E-state index contributed by atoms with van der Waals surface area (Å²) in [6, 6.07) is 13.9. The van der Waals surface area contributed by atoms with E-state index in [0.29, 0.717) is 12.2 Å². The Morgan fingerprint density at radius 3 is 2.75 bits per heavy atom. The fourth-order valence-electron chi connectivity index (χ4n) is 1.91. The maximum absolute atomic E-state index is 12.1. The number of benzene rings is 2. The molecule has 2 N–H and O–H groups in total. The van der Waals surface area contributed by atoms with Crippen molar-refractivity contribution in [2.24, 2.45) is 0 Å². The number of hydrogen-bond acceptors (Lipinski definition) is 3. The molecule has 0 aliphatic heterocycles. The Morgan fingerprint density at radius 1 is 1.20 bits per heavy atom. The van der Waals surface area contributed by atoms with Crippen LogP contribution in [0, 0.1) is 0 Å². The molecule has 0 aliphatic rings. The molecule has 0 radical (unpaired) electrons. The van der Waals surface area contributed by atoms with Crippen molar-refractivity contribution in [1.82, 2.24) is 0 Å². The van der Waals surface area contributed by atoms with E-state index in [1.54, 1.807) is 19.2 Å². The van der Waals surface area contributed by atoms with Crippen LogP contribution in [-0.4, -0.2) is 24.7 Å². The molecule has 0 unspecified atom stereocenters. The number of anilines is 1. The van der Waals surface area contributed by atoms with E-state index in [-0.39, 0.29) is 11.7 Å². The highest BCUT2D eigenvalue weighted by molar-refractivity contribution is 6.04. The number of hydrogen-bond donors (Lipinski definition) is 2. The summed E-state index contributed by atoms with van der Waals surface area (Å²) >= 11 is 0. The summed E-state index contributed by atoms with van der Waals surface area (Å²) in [7, 11) is 1.65. The smallest absolute Gasteiger partial charge is 0.255 e. The third-order valence-electron chi connectivity index (χ3n) is 2.95. The van der Waals surface area contributed by atoms with Crippen molar-refractivity contribution in [2.45, 2.75) is 6.42 Å². The zero-order chi connectivity index (χ0) is 14.4. The second kappa shape index (κ2) is 6.73. The van der Waals surface area contributed by atoms with E-state index in [4.69, 9.17) is 4.74 Å². The minimum absolute atomic E-state index is 0.0744. The molecular weight excluding hydrogens is 254 g/mol. The van der Waals surface area contributed by atoms with Gasteiger partial charge in [-0.3, -0.25) is 4.79 Å². The van der Waals surface area contributed by atoms with E-state index < -0.39 is 0 Å². The van der Waals surface area contributed by atoms with Crippen molar-refractivity contribution in [1.29, 1.82) is 0 Å². The molecule has 0 spiro atoms. The van der Waals surface area contributed by atoms with Crippen molar-refractivity contribution in [3.63, 3.8) is 0 Å². The van der Waals surface area contributed by atoms with Gasteiger partial charge in [0.25, 0.3) is 5.91 Å². The summed E-state index contributed by atoms with van der Waals surface area (Å²) in [5.74, 6) is -0.170. The number of carbonyl (C=O) groups excluding carboxylic acids is 1. The number of phenolic OH excluding ortho intramolecular Hbond substituents is 1. The molecule has 20 heavy (non-hydrogen) atoms. The summed E-state index contributed by atoms with van der Waals surface area (Å²) in [4.78, 5) is 12.1. The molecule has 2 aromatic carbocycles. The molecule has 2 rings (SSSR count). The van der Waals surface area contributed by atoms with Crippen molar-refractivity contribution < 1.29 is 14.6 Å². The third-order valence-corrected chi connectivity index (χ3v) is 2.95. The van der Waals surface area contributed by atoms with E-state index in [0.717, 1.165) is 17.7 Å². The molecule has 104 valence electrons. The lowest BCUT2D eigenvalue weighted by atomic mass is 10.1. The van der Waals surface area contributed by atoms with Crippen molar-refractivity contribution in [2.75, 3.05) is 19.0 Å². The van der Waals surface area contributed by atoms with E-state index in [2.05, 4.69) is 5.32 Å². The Hall–Kier alpha value is -2.33. The second-order valence-corrected chi connectivity index (χ2v) is 4.40. The first kappa shape index (κ1) is 14.1. The normalized spacial score (nSPS) is 10.2. The molecule has 0 saturated heterocycles. The predicted molar refractivity (Wildman–Crippen MR) is 78.1 cm³/mol. The van der Waals surface area contributed by atoms with Gasteiger partial charge in [-0.25, -0.2) is 0 Å². The van der Waals surface area contributed by atoms with Gasteiger partial charge in [-0.05, 0) is 36.2 Å². The number of methoxy groups -OCH3 is 1. The predicted octanol–water partition coefficient (Wildman–Crippen LogP) is 2.83. The van der Waals surface area contributed by atoms with Crippen LogP contribution in [0.15, 0.2) is 48.5 Å². The Bertz CT molecular complexity index is 596. The molecule has 2 aromatic rings. The highest BCUT2D eigenvalue weighted by Gasteiger charge is 2.09. The number of phenols is 1. The maximum Gasteiger partial charge on any atom is 0.255 e. The molecule has 0 heterocycles. The number of ether oxygens (including phenoxy) is 1. The van der Waals surface area contributed by atoms with Crippen LogP contribution in [0.2, 0.25) is 0 Å². The van der Waals surface area contributed by atoms with Crippen LogP contribution in [0.3, 0.4) is 0 Å². The lowest BCUT2D eigenvalue weighted by Crippen LogP contribution is -2.13. The van der Waals surface area contributed by atoms with Gasteiger partial charge in [-0.15, -0.1) is 0 Å².